The van der Waals surface area contributed by atoms with Crippen molar-refractivity contribution in [3.05, 3.63) is 114 Å². The van der Waals surface area contributed by atoms with E-state index in [1.807, 2.05) is 73.8 Å². The summed E-state index contributed by atoms with van der Waals surface area (Å²) in [6, 6.07) is 15.5. The summed E-state index contributed by atoms with van der Waals surface area (Å²) < 4.78 is 23.0. The number of hydrogen-bond donors (Lipinski definition) is 0. The van der Waals surface area contributed by atoms with E-state index >= 15 is 0 Å². The molecule has 0 N–H and O–H groups in total. The second kappa shape index (κ2) is 10.7. The van der Waals surface area contributed by atoms with Crippen molar-refractivity contribution in [3.8, 4) is 5.69 Å². The van der Waals surface area contributed by atoms with Gasteiger partial charge in [0.15, 0.2) is 4.80 Å². The first-order valence-corrected chi connectivity index (χ1v) is 13.8. The van der Waals surface area contributed by atoms with Crippen molar-refractivity contribution in [2.75, 3.05) is 25.6 Å². The largest absolute Gasteiger partial charge is 0.463 e. The fraction of sp³-hybridized carbons (Fsp3) is 0.258. The molecule has 1 aliphatic heterocycles. The van der Waals surface area contributed by atoms with Gasteiger partial charge >= 0.3 is 5.97 Å². The SMILES string of the molecule is CCOC(=O)C1=C(C)N=c2s/c(=C\c3cc(C)n(-c4ccc(F)cc4)c3C)c(=O)n2C1c1ccc(N(C)C)cc1. The van der Waals surface area contributed by atoms with Crippen molar-refractivity contribution in [2.45, 2.75) is 33.7 Å². The molecule has 1 atom stereocenters. The molecule has 0 aliphatic carbocycles. The molecule has 9 heteroatoms. The molecule has 1 unspecified atom stereocenters. The van der Waals surface area contributed by atoms with Crippen LogP contribution in [0.4, 0.5) is 10.1 Å². The van der Waals surface area contributed by atoms with E-state index in [9.17, 15) is 14.0 Å². The normalized spacial score (nSPS) is 15.2. The summed E-state index contributed by atoms with van der Waals surface area (Å²) in [5.41, 5.74) is 6.06. The number of anilines is 1. The first kappa shape index (κ1) is 27.3. The first-order chi connectivity index (χ1) is 19.1. The zero-order valence-corrected chi connectivity index (χ0v) is 24.2. The maximum atomic E-state index is 14.0. The number of allylic oxidation sites excluding steroid dienone is 1. The number of rotatable bonds is 6. The lowest BCUT2D eigenvalue weighted by Gasteiger charge is -2.25. The summed E-state index contributed by atoms with van der Waals surface area (Å²) in [5.74, 6) is -0.779. The molecule has 206 valence electrons. The van der Waals surface area contributed by atoms with Gasteiger partial charge in [0.1, 0.15) is 5.82 Å². The molecule has 0 amide bonds. The summed E-state index contributed by atoms with van der Waals surface area (Å²) in [6.07, 6.45) is 1.86. The molecule has 4 aromatic rings. The molecular weight excluding hydrogens is 527 g/mol. The van der Waals surface area contributed by atoms with Crippen LogP contribution in [0.3, 0.4) is 0 Å². The minimum atomic E-state index is -0.666. The monoisotopic (exact) mass is 558 g/mol. The maximum Gasteiger partial charge on any atom is 0.338 e. The Labute approximate surface area is 235 Å². The molecule has 3 heterocycles. The van der Waals surface area contributed by atoms with Gasteiger partial charge < -0.3 is 14.2 Å². The van der Waals surface area contributed by atoms with Crippen molar-refractivity contribution >= 4 is 29.1 Å². The zero-order valence-electron chi connectivity index (χ0n) is 23.4. The van der Waals surface area contributed by atoms with Crippen LogP contribution in [0, 0.1) is 19.7 Å². The van der Waals surface area contributed by atoms with Crippen LogP contribution in [0.1, 0.15) is 42.4 Å². The fourth-order valence-corrected chi connectivity index (χ4v) is 6.16. The first-order valence-electron chi connectivity index (χ1n) is 13.0. The predicted molar refractivity (Wildman–Crippen MR) is 156 cm³/mol. The number of ether oxygens (including phenoxy) is 1. The average Bonchev–Trinajstić information content (AvgIpc) is 3.38. The zero-order chi connectivity index (χ0) is 28.7. The molecule has 1 aliphatic rings. The van der Waals surface area contributed by atoms with Gasteiger partial charge in [-0.25, -0.2) is 14.2 Å². The number of carbonyl (C=O) groups excluding carboxylic acids is 1. The van der Waals surface area contributed by atoms with Gasteiger partial charge in [-0.15, -0.1) is 0 Å². The summed E-state index contributed by atoms with van der Waals surface area (Å²) in [4.78, 5) is 34.3. The third-order valence-electron chi connectivity index (χ3n) is 7.08. The van der Waals surface area contributed by atoms with E-state index in [-0.39, 0.29) is 18.0 Å². The number of fused-ring (bicyclic) bond motifs is 1. The molecule has 0 saturated carbocycles. The van der Waals surface area contributed by atoms with E-state index in [1.54, 1.807) is 30.5 Å². The molecule has 0 fully saturated rings. The van der Waals surface area contributed by atoms with Crippen LogP contribution in [0.5, 0.6) is 0 Å². The molecule has 7 nitrogen and oxygen atoms in total. The number of esters is 1. The molecule has 0 bridgehead atoms. The smallest absolute Gasteiger partial charge is 0.338 e. The number of carbonyl (C=O) groups is 1. The Bertz CT molecular complexity index is 1810. The van der Waals surface area contributed by atoms with Crippen molar-refractivity contribution in [1.29, 1.82) is 0 Å². The Hall–Kier alpha value is -4.24. The van der Waals surface area contributed by atoms with Gasteiger partial charge in [0.2, 0.25) is 0 Å². The lowest BCUT2D eigenvalue weighted by Crippen LogP contribution is -2.40. The minimum Gasteiger partial charge on any atom is -0.463 e. The summed E-state index contributed by atoms with van der Waals surface area (Å²) in [5, 5.41) is 0. The van der Waals surface area contributed by atoms with Crippen LogP contribution in [0.15, 0.2) is 75.7 Å². The lowest BCUT2D eigenvalue weighted by molar-refractivity contribution is -0.139. The standard InChI is InChI=1S/C31H31FN4O3S/c1-7-39-30(38)27-19(3)33-31-36(28(27)21-8-12-24(13-9-21)34(5)6)29(37)26(40-31)17-22-16-18(2)35(20(22)4)25-14-10-23(32)11-15-25/h8-17,28H,7H2,1-6H3/b26-17-. The number of nitrogens with zero attached hydrogens (tertiary/aromatic N) is 4. The Morgan fingerprint density at radius 2 is 1.77 bits per heavy atom. The maximum absolute atomic E-state index is 14.0. The van der Waals surface area contributed by atoms with Crippen LogP contribution in [0.25, 0.3) is 11.8 Å². The van der Waals surface area contributed by atoms with Crippen molar-refractivity contribution in [1.82, 2.24) is 9.13 Å². The van der Waals surface area contributed by atoms with E-state index in [0.29, 0.717) is 20.6 Å². The second-order valence-electron chi connectivity index (χ2n) is 9.93. The van der Waals surface area contributed by atoms with Crippen molar-refractivity contribution < 1.29 is 13.9 Å². The summed E-state index contributed by atoms with van der Waals surface area (Å²) in [6.45, 7) is 7.70. The predicted octanol–water partition coefficient (Wildman–Crippen LogP) is 4.41. The quantitative estimate of drug-likeness (QED) is 0.329. The second-order valence-corrected chi connectivity index (χ2v) is 10.9. The summed E-state index contributed by atoms with van der Waals surface area (Å²) >= 11 is 1.29. The third kappa shape index (κ3) is 4.81. The molecular formula is C31H31FN4O3S. The number of aryl methyl sites for hydroxylation is 1. The Kier molecular flexibility index (Phi) is 7.33. The highest BCUT2D eigenvalue weighted by Crippen LogP contribution is 2.31. The topological polar surface area (TPSA) is 68.8 Å². The van der Waals surface area contributed by atoms with Crippen LogP contribution in [-0.4, -0.2) is 35.8 Å². The van der Waals surface area contributed by atoms with Crippen LogP contribution < -0.4 is 19.8 Å². The van der Waals surface area contributed by atoms with Crippen LogP contribution >= 0.6 is 11.3 Å². The van der Waals surface area contributed by atoms with Crippen LogP contribution in [-0.2, 0) is 9.53 Å². The van der Waals surface area contributed by atoms with E-state index in [2.05, 4.69) is 4.99 Å². The highest BCUT2D eigenvalue weighted by Gasteiger charge is 2.33. The Morgan fingerprint density at radius 3 is 2.40 bits per heavy atom. The highest BCUT2D eigenvalue weighted by molar-refractivity contribution is 7.07. The summed E-state index contributed by atoms with van der Waals surface area (Å²) in [7, 11) is 3.92. The van der Waals surface area contributed by atoms with Gasteiger partial charge in [0, 0.05) is 36.9 Å². The number of benzene rings is 2. The van der Waals surface area contributed by atoms with Crippen molar-refractivity contribution in [3.63, 3.8) is 0 Å². The van der Waals surface area contributed by atoms with E-state index in [4.69, 9.17) is 4.74 Å². The van der Waals surface area contributed by atoms with Crippen molar-refractivity contribution in [2.24, 2.45) is 4.99 Å². The third-order valence-corrected chi connectivity index (χ3v) is 8.07. The van der Waals surface area contributed by atoms with Gasteiger partial charge in [0.25, 0.3) is 5.56 Å². The molecule has 2 aromatic heterocycles. The van der Waals surface area contributed by atoms with E-state index in [1.165, 1.54) is 23.5 Å². The molecule has 0 radical (unpaired) electrons. The average molecular weight is 559 g/mol. The van der Waals surface area contributed by atoms with E-state index in [0.717, 1.165) is 33.9 Å². The number of thiazole rings is 1. The molecule has 0 spiro atoms. The molecule has 40 heavy (non-hydrogen) atoms. The molecule has 5 rings (SSSR count). The minimum absolute atomic E-state index is 0.218. The van der Waals surface area contributed by atoms with Gasteiger partial charge in [0.05, 0.1) is 28.5 Å². The highest BCUT2D eigenvalue weighted by atomic mass is 32.1. The van der Waals surface area contributed by atoms with Gasteiger partial charge in [-0.3, -0.25) is 9.36 Å². The van der Waals surface area contributed by atoms with Gasteiger partial charge in [-0.05, 0) is 87.4 Å². The van der Waals surface area contributed by atoms with Gasteiger partial charge in [-0.2, -0.15) is 0 Å². The Morgan fingerprint density at radius 1 is 1.10 bits per heavy atom. The number of hydrogen-bond acceptors (Lipinski definition) is 6. The van der Waals surface area contributed by atoms with E-state index < -0.39 is 12.0 Å². The number of aromatic nitrogens is 2. The van der Waals surface area contributed by atoms with Gasteiger partial charge in [-0.1, -0.05) is 23.5 Å². The Balaban J connectivity index is 1.67. The molecule has 0 saturated heterocycles. The molecule has 2 aromatic carbocycles. The fourth-order valence-electron chi connectivity index (χ4n) is 5.12. The number of halogens is 1. The van der Waals surface area contributed by atoms with Crippen LogP contribution in [0.2, 0.25) is 0 Å². The lowest BCUT2D eigenvalue weighted by atomic mass is 9.95.